The number of carbonyl (C=O) groups is 2. The highest BCUT2D eigenvalue weighted by Gasteiger charge is 2.28. The first-order valence-corrected chi connectivity index (χ1v) is 8.87. The maximum absolute atomic E-state index is 12.4. The number of benzene rings is 1. The van der Waals surface area contributed by atoms with Crippen molar-refractivity contribution in [1.82, 2.24) is 4.57 Å². The van der Waals surface area contributed by atoms with Crippen molar-refractivity contribution in [2.75, 3.05) is 6.61 Å². The van der Waals surface area contributed by atoms with E-state index in [9.17, 15) is 9.59 Å². The fourth-order valence-corrected chi connectivity index (χ4v) is 3.22. The van der Waals surface area contributed by atoms with Gasteiger partial charge in [-0.25, -0.2) is 4.79 Å². The standard InChI is InChI=1S/C21H25NO3/c1-13(2)16-5-7-17(8-6-16)20(23)12-25-21(24)19-11-14(3)22(15(19)4)18-9-10-18/h5-8,11,13,18H,9-10,12H2,1-4H3. The Morgan fingerprint density at radius 1 is 1.16 bits per heavy atom. The van der Waals surface area contributed by atoms with E-state index in [2.05, 4.69) is 18.4 Å². The molecule has 1 aromatic carbocycles. The molecule has 1 heterocycles. The van der Waals surface area contributed by atoms with E-state index in [0.29, 0.717) is 23.1 Å². The SMILES string of the molecule is Cc1cc(C(=O)OCC(=O)c2ccc(C(C)C)cc2)c(C)n1C1CC1. The van der Waals surface area contributed by atoms with Gasteiger partial charge in [-0.1, -0.05) is 38.1 Å². The molecule has 0 N–H and O–H groups in total. The summed E-state index contributed by atoms with van der Waals surface area (Å²) in [6, 6.07) is 9.86. The molecule has 1 aromatic heterocycles. The first-order valence-electron chi connectivity index (χ1n) is 8.87. The predicted octanol–water partition coefficient (Wildman–Crippen LogP) is 4.60. The third-order valence-electron chi connectivity index (χ3n) is 4.85. The monoisotopic (exact) mass is 339 g/mol. The van der Waals surface area contributed by atoms with Crippen LogP contribution in [0.4, 0.5) is 0 Å². The Kier molecular flexibility index (Phi) is 4.80. The third kappa shape index (κ3) is 3.68. The van der Waals surface area contributed by atoms with Crippen LogP contribution in [0.3, 0.4) is 0 Å². The van der Waals surface area contributed by atoms with Gasteiger partial charge < -0.3 is 9.30 Å². The van der Waals surface area contributed by atoms with Crippen molar-refractivity contribution in [2.24, 2.45) is 0 Å². The molecule has 0 spiro atoms. The summed E-state index contributed by atoms with van der Waals surface area (Å²) < 4.78 is 7.47. The van der Waals surface area contributed by atoms with E-state index < -0.39 is 5.97 Å². The Morgan fingerprint density at radius 3 is 2.36 bits per heavy atom. The van der Waals surface area contributed by atoms with Crippen LogP contribution in [-0.2, 0) is 4.74 Å². The minimum atomic E-state index is -0.424. The largest absolute Gasteiger partial charge is 0.454 e. The van der Waals surface area contributed by atoms with Crippen molar-refractivity contribution in [2.45, 2.75) is 52.5 Å². The van der Waals surface area contributed by atoms with Crippen LogP contribution < -0.4 is 0 Å². The van der Waals surface area contributed by atoms with Crippen LogP contribution in [0.25, 0.3) is 0 Å². The van der Waals surface area contributed by atoms with E-state index in [4.69, 9.17) is 4.74 Å². The number of aromatic nitrogens is 1. The quantitative estimate of drug-likeness (QED) is 0.571. The first-order chi connectivity index (χ1) is 11.9. The van der Waals surface area contributed by atoms with Crippen LogP contribution >= 0.6 is 0 Å². The lowest BCUT2D eigenvalue weighted by molar-refractivity contribution is 0.0474. The minimum Gasteiger partial charge on any atom is -0.454 e. The van der Waals surface area contributed by atoms with Crippen LogP contribution in [0.2, 0.25) is 0 Å². The highest BCUT2D eigenvalue weighted by Crippen LogP contribution is 2.38. The normalized spacial score (nSPS) is 14.0. The Hall–Kier alpha value is -2.36. The number of rotatable bonds is 6. The second-order valence-corrected chi connectivity index (χ2v) is 7.16. The van der Waals surface area contributed by atoms with Gasteiger partial charge in [0.1, 0.15) is 0 Å². The van der Waals surface area contributed by atoms with Gasteiger partial charge in [0, 0.05) is 23.0 Å². The van der Waals surface area contributed by atoms with E-state index in [-0.39, 0.29) is 12.4 Å². The number of esters is 1. The predicted molar refractivity (Wildman–Crippen MR) is 97.3 cm³/mol. The fourth-order valence-electron chi connectivity index (χ4n) is 3.22. The molecule has 2 aromatic rings. The Bertz CT molecular complexity index is 795. The second-order valence-electron chi connectivity index (χ2n) is 7.16. The molecular formula is C21H25NO3. The van der Waals surface area contributed by atoms with Crippen LogP contribution in [0.15, 0.2) is 30.3 Å². The van der Waals surface area contributed by atoms with Crippen molar-refractivity contribution in [3.05, 3.63) is 58.4 Å². The number of nitrogens with zero attached hydrogens (tertiary/aromatic N) is 1. The molecule has 0 amide bonds. The summed E-state index contributed by atoms with van der Waals surface area (Å²) in [7, 11) is 0. The fraction of sp³-hybridized carbons (Fsp3) is 0.429. The van der Waals surface area contributed by atoms with Gasteiger partial charge in [-0.2, -0.15) is 0 Å². The van der Waals surface area contributed by atoms with E-state index in [1.807, 2.05) is 32.0 Å². The van der Waals surface area contributed by atoms with Gasteiger partial charge >= 0.3 is 5.97 Å². The van der Waals surface area contributed by atoms with E-state index in [1.54, 1.807) is 12.1 Å². The average molecular weight is 339 g/mol. The summed E-state index contributed by atoms with van der Waals surface area (Å²) in [6.45, 7) is 7.93. The van der Waals surface area contributed by atoms with Crippen molar-refractivity contribution < 1.29 is 14.3 Å². The van der Waals surface area contributed by atoms with Crippen molar-refractivity contribution in [3.8, 4) is 0 Å². The molecule has 25 heavy (non-hydrogen) atoms. The van der Waals surface area contributed by atoms with E-state index in [0.717, 1.165) is 24.2 Å². The third-order valence-corrected chi connectivity index (χ3v) is 4.85. The first kappa shape index (κ1) is 17.5. The molecule has 1 aliphatic carbocycles. The summed E-state index contributed by atoms with van der Waals surface area (Å²) in [6.07, 6.45) is 2.32. The summed E-state index contributed by atoms with van der Waals surface area (Å²) in [5.41, 5.74) is 4.32. The summed E-state index contributed by atoms with van der Waals surface area (Å²) in [4.78, 5) is 24.6. The molecule has 0 aliphatic heterocycles. The zero-order valence-electron chi connectivity index (χ0n) is 15.3. The number of Topliss-reactive ketones (excluding diaryl/α,β-unsaturated/α-hetero) is 1. The van der Waals surface area contributed by atoms with Gasteiger partial charge in [0.2, 0.25) is 0 Å². The van der Waals surface area contributed by atoms with Gasteiger partial charge in [-0.15, -0.1) is 0 Å². The number of hydrogen-bond donors (Lipinski definition) is 0. The Labute approximate surface area is 148 Å². The number of carbonyl (C=O) groups excluding carboxylic acids is 2. The van der Waals surface area contributed by atoms with Crippen LogP contribution in [-0.4, -0.2) is 22.9 Å². The summed E-state index contributed by atoms with van der Waals surface area (Å²) >= 11 is 0. The molecule has 3 rings (SSSR count). The van der Waals surface area contributed by atoms with Crippen LogP contribution in [0, 0.1) is 13.8 Å². The van der Waals surface area contributed by atoms with Gasteiger partial charge in [-0.3, -0.25) is 4.79 Å². The van der Waals surface area contributed by atoms with Gasteiger partial charge in [0.15, 0.2) is 12.4 Å². The number of hydrogen-bond acceptors (Lipinski definition) is 3. The van der Waals surface area contributed by atoms with Gasteiger partial charge in [0.05, 0.1) is 5.56 Å². The number of ether oxygens (including phenoxy) is 1. The Morgan fingerprint density at radius 2 is 1.80 bits per heavy atom. The molecule has 0 unspecified atom stereocenters. The topological polar surface area (TPSA) is 48.3 Å². The molecule has 4 nitrogen and oxygen atoms in total. The lowest BCUT2D eigenvalue weighted by Crippen LogP contribution is -2.15. The second kappa shape index (κ2) is 6.87. The molecule has 1 fully saturated rings. The molecule has 132 valence electrons. The lowest BCUT2D eigenvalue weighted by atomic mass is 10.0. The molecule has 1 aliphatic rings. The number of aryl methyl sites for hydroxylation is 1. The highest BCUT2D eigenvalue weighted by molar-refractivity contribution is 5.99. The molecule has 0 bridgehead atoms. The van der Waals surface area contributed by atoms with Crippen molar-refractivity contribution in [1.29, 1.82) is 0 Å². The van der Waals surface area contributed by atoms with Crippen molar-refractivity contribution >= 4 is 11.8 Å². The molecule has 0 atom stereocenters. The van der Waals surface area contributed by atoms with E-state index in [1.165, 1.54) is 5.56 Å². The van der Waals surface area contributed by atoms with Gasteiger partial charge in [-0.05, 0) is 44.2 Å². The highest BCUT2D eigenvalue weighted by atomic mass is 16.5. The average Bonchev–Trinajstić information content (AvgIpc) is 3.37. The zero-order chi connectivity index (χ0) is 18.1. The molecule has 0 radical (unpaired) electrons. The Balaban J connectivity index is 1.64. The van der Waals surface area contributed by atoms with Crippen LogP contribution in [0.5, 0.6) is 0 Å². The number of ketones is 1. The maximum atomic E-state index is 12.4. The molecule has 4 heteroatoms. The van der Waals surface area contributed by atoms with E-state index >= 15 is 0 Å². The zero-order valence-corrected chi connectivity index (χ0v) is 15.3. The smallest absolute Gasteiger partial charge is 0.340 e. The molecular weight excluding hydrogens is 314 g/mol. The van der Waals surface area contributed by atoms with Crippen molar-refractivity contribution in [3.63, 3.8) is 0 Å². The molecule has 0 saturated heterocycles. The molecule has 1 saturated carbocycles. The lowest BCUT2D eigenvalue weighted by Gasteiger charge is -2.08. The minimum absolute atomic E-state index is 0.181. The summed E-state index contributed by atoms with van der Waals surface area (Å²) in [5.74, 6) is -0.185. The van der Waals surface area contributed by atoms with Gasteiger partial charge in [0.25, 0.3) is 0 Å². The maximum Gasteiger partial charge on any atom is 0.340 e. The van der Waals surface area contributed by atoms with Crippen LogP contribution in [0.1, 0.15) is 76.3 Å². The summed E-state index contributed by atoms with van der Waals surface area (Å²) in [5, 5.41) is 0.